The molecule has 1 aromatic heterocycles. The molecule has 0 radical (unpaired) electrons. The smallest absolute Gasteiger partial charge is 0.251 e. The fourth-order valence-corrected chi connectivity index (χ4v) is 3.45. The van der Waals surface area contributed by atoms with Gasteiger partial charge in [-0.25, -0.2) is 4.98 Å². The summed E-state index contributed by atoms with van der Waals surface area (Å²) in [6, 6.07) is 17.6. The predicted octanol–water partition coefficient (Wildman–Crippen LogP) is 3.01. The van der Waals surface area contributed by atoms with E-state index in [1.54, 1.807) is 24.3 Å². The molecule has 2 amide bonds. The number of rotatable bonds is 8. The lowest BCUT2D eigenvalue weighted by Gasteiger charge is -2.07. The number of benzene rings is 2. The van der Waals surface area contributed by atoms with Gasteiger partial charge in [0.2, 0.25) is 11.8 Å². The lowest BCUT2D eigenvalue weighted by atomic mass is 10.2. The molecule has 0 saturated heterocycles. The predicted molar refractivity (Wildman–Crippen MR) is 118 cm³/mol. The van der Waals surface area contributed by atoms with Gasteiger partial charge >= 0.3 is 0 Å². The molecule has 0 aliphatic carbocycles. The van der Waals surface area contributed by atoms with E-state index in [1.165, 1.54) is 6.07 Å². The summed E-state index contributed by atoms with van der Waals surface area (Å²) < 4.78 is 0. The number of halogens is 1. The lowest BCUT2D eigenvalue weighted by molar-refractivity contribution is -0.120. The van der Waals surface area contributed by atoms with Crippen molar-refractivity contribution in [1.82, 2.24) is 15.3 Å². The van der Waals surface area contributed by atoms with Gasteiger partial charge in [-0.3, -0.25) is 14.4 Å². The van der Waals surface area contributed by atoms with Crippen molar-refractivity contribution in [1.29, 1.82) is 0 Å². The zero-order valence-corrected chi connectivity index (χ0v) is 17.4. The Hall–Kier alpha value is -3.10. The number of H-pyrrole nitrogens is 1. The molecule has 3 aromatic rings. The molecule has 0 aliphatic rings. The largest absolute Gasteiger partial charge is 0.352 e. The van der Waals surface area contributed by atoms with Crippen LogP contribution in [0.25, 0.3) is 0 Å². The van der Waals surface area contributed by atoms with Crippen LogP contribution in [0.3, 0.4) is 0 Å². The highest BCUT2D eigenvalue weighted by atomic mass is 35.5. The van der Waals surface area contributed by atoms with Crippen molar-refractivity contribution in [3.05, 3.63) is 87.3 Å². The minimum Gasteiger partial charge on any atom is -0.352 e. The van der Waals surface area contributed by atoms with Crippen molar-refractivity contribution in [2.24, 2.45) is 0 Å². The average Bonchev–Trinajstić information content (AvgIpc) is 2.71. The number of aromatic amines is 1. The Labute approximate surface area is 182 Å². The Morgan fingerprint density at radius 2 is 1.83 bits per heavy atom. The monoisotopic (exact) mass is 442 g/mol. The standard InChI is InChI=1S/C21H19ClN4O3S/c22-15-7-4-8-16(9-15)24-20(29)13-30-21-25-17(11-19(28)26-21)10-18(27)23-12-14-5-2-1-3-6-14/h1-9,11H,10,12-13H2,(H,23,27)(H,24,29)(H,25,26,28). The molecule has 0 atom stereocenters. The number of anilines is 1. The molecule has 0 saturated carbocycles. The number of amides is 2. The Balaban J connectivity index is 1.53. The zero-order chi connectivity index (χ0) is 21.3. The zero-order valence-electron chi connectivity index (χ0n) is 15.9. The molecule has 0 aliphatic heterocycles. The molecule has 154 valence electrons. The van der Waals surface area contributed by atoms with Crippen molar-refractivity contribution < 1.29 is 9.59 Å². The van der Waals surface area contributed by atoms with Crippen LogP contribution >= 0.6 is 23.4 Å². The first-order valence-electron chi connectivity index (χ1n) is 9.07. The maximum Gasteiger partial charge on any atom is 0.251 e. The summed E-state index contributed by atoms with van der Waals surface area (Å²) in [5, 5.41) is 6.31. The first-order chi connectivity index (χ1) is 14.5. The van der Waals surface area contributed by atoms with Crippen LogP contribution in [0.5, 0.6) is 0 Å². The van der Waals surface area contributed by atoms with Crippen LogP contribution in [0.15, 0.2) is 70.6 Å². The normalized spacial score (nSPS) is 10.4. The summed E-state index contributed by atoms with van der Waals surface area (Å²) >= 11 is 6.97. The van der Waals surface area contributed by atoms with Gasteiger partial charge in [-0.1, -0.05) is 59.8 Å². The van der Waals surface area contributed by atoms with Crippen molar-refractivity contribution in [2.45, 2.75) is 18.1 Å². The van der Waals surface area contributed by atoms with E-state index in [1.807, 2.05) is 30.3 Å². The van der Waals surface area contributed by atoms with Crippen LogP contribution in [0.1, 0.15) is 11.3 Å². The maximum absolute atomic E-state index is 12.2. The summed E-state index contributed by atoms with van der Waals surface area (Å²) in [4.78, 5) is 43.0. The fraction of sp³-hybridized carbons (Fsp3) is 0.143. The molecule has 9 heteroatoms. The second kappa shape index (κ2) is 10.6. The Morgan fingerprint density at radius 1 is 1.03 bits per heavy atom. The summed E-state index contributed by atoms with van der Waals surface area (Å²) in [6.07, 6.45) is -0.0287. The first kappa shape index (κ1) is 21.6. The van der Waals surface area contributed by atoms with Crippen LogP contribution in [-0.4, -0.2) is 27.5 Å². The van der Waals surface area contributed by atoms with Gasteiger partial charge in [-0.05, 0) is 23.8 Å². The van der Waals surface area contributed by atoms with Crippen LogP contribution in [-0.2, 0) is 22.6 Å². The summed E-state index contributed by atoms with van der Waals surface area (Å²) in [7, 11) is 0. The van der Waals surface area contributed by atoms with Crippen molar-refractivity contribution in [2.75, 3.05) is 11.1 Å². The highest BCUT2D eigenvalue weighted by Crippen LogP contribution is 2.16. The van der Waals surface area contributed by atoms with Gasteiger partial charge in [0.05, 0.1) is 17.9 Å². The number of carbonyl (C=O) groups excluding carboxylic acids is 2. The van der Waals surface area contributed by atoms with Crippen molar-refractivity contribution >= 4 is 40.9 Å². The minimum atomic E-state index is -0.381. The van der Waals surface area contributed by atoms with Gasteiger partial charge < -0.3 is 15.6 Å². The number of carbonyl (C=O) groups is 2. The Morgan fingerprint density at radius 3 is 2.60 bits per heavy atom. The maximum atomic E-state index is 12.2. The molecule has 30 heavy (non-hydrogen) atoms. The van der Waals surface area contributed by atoms with E-state index in [-0.39, 0.29) is 34.7 Å². The van der Waals surface area contributed by atoms with Crippen molar-refractivity contribution in [3.63, 3.8) is 0 Å². The third kappa shape index (κ3) is 7.06. The number of hydrogen-bond donors (Lipinski definition) is 3. The van der Waals surface area contributed by atoms with E-state index in [4.69, 9.17) is 11.6 Å². The SMILES string of the molecule is O=C(Cc1cc(=O)[nH]c(SCC(=O)Nc2cccc(Cl)c2)n1)NCc1ccccc1. The van der Waals surface area contributed by atoms with Gasteiger partial charge in [-0.2, -0.15) is 0 Å². The molecule has 3 N–H and O–H groups in total. The number of hydrogen-bond acceptors (Lipinski definition) is 5. The minimum absolute atomic E-state index is 0.0287. The van der Waals surface area contributed by atoms with Crippen LogP contribution in [0.4, 0.5) is 5.69 Å². The van der Waals surface area contributed by atoms with E-state index in [9.17, 15) is 14.4 Å². The molecule has 3 rings (SSSR count). The lowest BCUT2D eigenvalue weighted by Crippen LogP contribution is -2.26. The quantitative estimate of drug-likeness (QED) is 0.367. The molecule has 2 aromatic carbocycles. The van der Waals surface area contributed by atoms with E-state index >= 15 is 0 Å². The van der Waals surface area contributed by atoms with Gasteiger partial charge in [-0.15, -0.1) is 0 Å². The number of thioether (sulfide) groups is 1. The number of nitrogens with zero attached hydrogens (tertiary/aromatic N) is 1. The van der Waals surface area contributed by atoms with E-state index in [0.717, 1.165) is 17.3 Å². The highest BCUT2D eigenvalue weighted by Gasteiger charge is 2.10. The highest BCUT2D eigenvalue weighted by molar-refractivity contribution is 7.99. The second-order valence-corrected chi connectivity index (χ2v) is 7.73. The third-order valence-electron chi connectivity index (χ3n) is 3.90. The van der Waals surface area contributed by atoms with E-state index < -0.39 is 0 Å². The topological polar surface area (TPSA) is 104 Å². The fourth-order valence-electron chi connectivity index (χ4n) is 2.56. The molecule has 0 unspecified atom stereocenters. The third-order valence-corrected chi connectivity index (χ3v) is 5.00. The second-order valence-electron chi connectivity index (χ2n) is 6.33. The van der Waals surface area contributed by atoms with Crippen molar-refractivity contribution in [3.8, 4) is 0 Å². The van der Waals surface area contributed by atoms with Crippen LogP contribution in [0, 0.1) is 0 Å². The number of nitrogens with one attached hydrogen (secondary N) is 3. The molecular weight excluding hydrogens is 424 g/mol. The molecule has 0 fully saturated rings. The molecule has 0 spiro atoms. The number of aromatic nitrogens is 2. The average molecular weight is 443 g/mol. The molecule has 0 bridgehead atoms. The molecular formula is C21H19ClN4O3S. The summed E-state index contributed by atoms with van der Waals surface area (Å²) in [6.45, 7) is 0.397. The van der Waals surface area contributed by atoms with Crippen LogP contribution in [0.2, 0.25) is 5.02 Å². The molecule has 1 heterocycles. The van der Waals surface area contributed by atoms with Gasteiger partial charge in [0.25, 0.3) is 5.56 Å². The van der Waals surface area contributed by atoms with Gasteiger partial charge in [0.1, 0.15) is 0 Å². The van der Waals surface area contributed by atoms with E-state index in [0.29, 0.717) is 22.9 Å². The van der Waals surface area contributed by atoms with E-state index in [2.05, 4.69) is 20.6 Å². The molecule has 7 nitrogen and oxygen atoms in total. The summed E-state index contributed by atoms with van der Waals surface area (Å²) in [5.74, 6) is -0.471. The van der Waals surface area contributed by atoms with Gasteiger partial charge in [0, 0.05) is 23.3 Å². The Bertz CT molecular complexity index is 1090. The van der Waals surface area contributed by atoms with Gasteiger partial charge in [0.15, 0.2) is 5.16 Å². The summed E-state index contributed by atoms with van der Waals surface area (Å²) in [5.41, 5.74) is 1.51. The first-order valence-corrected chi connectivity index (χ1v) is 10.4. The Kier molecular flexibility index (Phi) is 7.64. The van der Waals surface area contributed by atoms with Crippen LogP contribution < -0.4 is 16.2 Å².